The van der Waals surface area contributed by atoms with Gasteiger partial charge in [-0.15, -0.1) is 0 Å². The molecule has 0 aliphatic carbocycles. The van der Waals surface area contributed by atoms with Gasteiger partial charge >= 0.3 is 0 Å². The molecule has 1 saturated heterocycles. The summed E-state index contributed by atoms with van der Waals surface area (Å²) in [5.41, 5.74) is 1.17. The maximum atomic E-state index is 11.9. The summed E-state index contributed by atoms with van der Waals surface area (Å²) in [5, 5.41) is 3.47. The van der Waals surface area contributed by atoms with Crippen LogP contribution in [-0.2, 0) is 4.79 Å². The van der Waals surface area contributed by atoms with E-state index in [1.165, 1.54) is 5.56 Å². The van der Waals surface area contributed by atoms with Crippen LogP contribution in [0.15, 0.2) is 18.2 Å². The lowest BCUT2D eigenvalue weighted by atomic mass is 10.1. The molecule has 1 aromatic carbocycles. The molecule has 21 heavy (non-hydrogen) atoms. The molecular weight excluding hydrogens is 268 g/mol. The predicted octanol–water partition coefficient (Wildman–Crippen LogP) is 1.73. The van der Waals surface area contributed by atoms with E-state index in [0.717, 1.165) is 31.7 Å². The van der Waals surface area contributed by atoms with Gasteiger partial charge in [-0.1, -0.05) is 6.92 Å². The topological polar surface area (TPSA) is 50.8 Å². The smallest absolute Gasteiger partial charge is 0.263 e. The molecule has 1 N–H and O–H groups in total. The van der Waals surface area contributed by atoms with Crippen molar-refractivity contribution in [1.82, 2.24) is 10.2 Å². The summed E-state index contributed by atoms with van der Waals surface area (Å²) in [6.07, 6.45) is 1.49. The average molecular weight is 290 g/mol. The number of benzene rings is 1. The molecule has 5 heteroatoms. The quantitative estimate of drug-likeness (QED) is 0.897. The Hall–Kier alpha value is -1.75. The summed E-state index contributed by atoms with van der Waals surface area (Å²) in [4.78, 5) is 13.6. The molecule has 114 valence electrons. The van der Waals surface area contributed by atoms with Crippen LogP contribution < -0.4 is 14.8 Å². The van der Waals surface area contributed by atoms with Crippen LogP contribution >= 0.6 is 0 Å². The molecule has 2 atom stereocenters. The van der Waals surface area contributed by atoms with Crippen LogP contribution in [0.3, 0.4) is 0 Å². The second kappa shape index (κ2) is 5.93. The molecular formula is C16H22N2O3. The summed E-state index contributed by atoms with van der Waals surface area (Å²) < 4.78 is 11.5. The van der Waals surface area contributed by atoms with Crippen molar-refractivity contribution in [2.24, 2.45) is 0 Å². The van der Waals surface area contributed by atoms with Gasteiger partial charge in [0.05, 0.1) is 6.04 Å². The molecule has 1 aromatic rings. The zero-order valence-corrected chi connectivity index (χ0v) is 12.6. The first kappa shape index (κ1) is 14.2. The summed E-state index contributed by atoms with van der Waals surface area (Å²) >= 11 is 0. The Morgan fingerprint density at radius 1 is 1.48 bits per heavy atom. The summed E-state index contributed by atoms with van der Waals surface area (Å²) in [6, 6.07) is 6.12. The monoisotopic (exact) mass is 290 g/mol. The number of rotatable bonds is 5. The highest BCUT2D eigenvalue weighted by molar-refractivity contribution is 5.83. The number of carbonyl (C=O) groups excluding carboxylic acids is 1. The molecule has 1 fully saturated rings. The third-order valence-electron chi connectivity index (χ3n) is 4.06. The molecule has 2 unspecified atom stereocenters. The summed E-state index contributed by atoms with van der Waals surface area (Å²) in [7, 11) is 1.81. The van der Waals surface area contributed by atoms with Gasteiger partial charge in [-0.05, 0) is 25.1 Å². The molecule has 0 saturated carbocycles. The fourth-order valence-electron chi connectivity index (χ4n) is 2.82. The van der Waals surface area contributed by atoms with E-state index in [1.54, 1.807) is 4.90 Å². The van der Waals surface area contributed by atoms with E-state index in [-0.39, 0.29) is 18.1 Å². The van der Waals surface area contributed by atoms with Gasteiger partial charge in [-0.3, -0.25) is 4.79 Å². The van der Waals surface area contributed by atoms with Crippen molar-refractivity contribution in [2.45, 2.75) is 31.9 Å². The molecule has 5 nitrogen and oxygen atoms in total. The zero-order valence-electron chi connectivity index (χ0n) is 12.6. The van der Waals surface area contributed by atoms with Gasteiger partial charge in [0.15, 0.2) is 6.10 Å². The zero-order chi connectivity index (χ0) is 14.8. The van der Waals surface area contributed by atoms with E-state index < -0.39 is 0 Å². The first-order valence-electron chi connectivity index (χ1n) is 7.61. The number of fused-ring (bicyclic) bond motifs is 1. The van der Waals surface area contributed by atoms with Crippen LogP contribution in [0.2, 0.25) is 0 Å². The number of nitrogens with one attached hydrogen (secondary N) is 1. The fraction of sp³-hybridized carbons (Fsp3) is 0.562. The Kier molecular flexibility index (Phi) is 4.01. The summed E-state index contributed by atoms with van der Waals surface area (Å²) in [5.74, 6) is 1.62. The Morgan fingerprint density at radius 2 is 2.33 bits per heavy atom. The van der Waals surface area contributed by atoms with Crippen LogP contribution in [0.4, 0.5) is 0 Å². The van der Waals surface area contributed by atoms with Crippen LogP contribution in [-0.4, -0.2) is 43.7 Å². The van der Waals surface area contributed by atoms with Gasteiger partial charge in [0.2, 0.25) is 0 Å². The first-order valence-corrected chi connectivity index (χ1v) is 7.61. The number of likely N-dealkylation sites (tertiary alicyclic amines) is 1. The van der Waals surface area contributed by atoms with Crippen molar-refractivity contribution in [3.8, 4) is 11.5 Å². The van der Waals surface area contributed by atoms with E-state index in [9.17, 15) is 4.79 Å². The van der Waals surface area contributed by atoms with Gasteiger partial charge in [0.1, 0.15) is 18.1 Å². The normalized spacial score (nSPS) is 24.1. The molecule has 0 radical (unpaired) electrons. The third-order valence-corrected chi connectivity index (χ3v) is 4.06. The lowest BCUT2D eigenvalue weighted by Gasteiger charge is -2.14. The maximum Gasteiger partial charge on any atom is 0.263 e. The van der Waals surface area contributed by atoms with Crippen molar-refractivity contribution in [3.63, 3.8) is 0 Å². The Labute approximate surface area is 125 Å². The minimum atomic E-state index is -0.358. The number of hydrogen-bond acceptors (Lipinski definition) is 4. The number of amides is 1. The number of nitrogens with zero attached hydrogens (tertiary/aromatic N) is 1. The van der Waals surface area contributed by atoms with Crippen molar-refractivity contribution in [2.75, 3.05) is 26.7 Å². The SMILES string of the molecule is CCCNC1COc2cc(OC3CCN(C)C3=O)ccc21. The van der Waals surface area contributed by atoms with Crippen LogP contribution in [0.5, 0.6) is 11.5 Å². The number of likely N-dealkylation sites (N-methyl/N-ethyl adjacent to an activating group) is 1. The molecule has 0 bridgehead atoms. The van der Waals surface area contributed by atoms with Gasteiger partial charge in [0.25, 0.3) is 5.91 Å². The largest absolute Gasteiger partial charge is 0.491 e. The lowest BCUT2D eigenvalue weighted by Crippen LogP contribution is -2.29. The van der Waals surface area contributed by atoms with Crippen molar-refractivity contribution < 1.29 is 14.3 Å². The van der Waals surface area contributed by atoms with Gasteiger partial charge in [-0.2, -0.15) is 0 Å². The predicted molar refractivity (Wildman–Crippen MR) is 79.6 cm³/mol. The van der Waals surface area contributed by atoms with Crippen LogP contribution in [0, 0.1) is 0 Å². The van der Waals surface area contributed by atoms with Crippen molar-refractivity contribution >= 4 is 5.91 Å². The fourth-order valence-corrected chi connectivity index (χ4v) is 2.82. The molecule has 1 amide bonds. The second-order valence-corrected chi connectivity index (χ2v) is 5.67. The first-order chi connectivity index (χ1) is 10.2. The van der Waals surface area contributed by atoms with E-state index in [4.69, 9.17) is 9.47 Å². The molecule has 3 rings (SSSR count). The summed E-state index contributed by atoms with van der Waals surface area (Å²) in [6.45, 7) is 4.54. The van der Waals surface area contributed by atoms with E-state index in [1.807, 2.05) is 25.2 Å². The minimum absolute atomic E-state index is 0.0545. The number of ether oxygens (including phenoxy) is 2. The standard InChI is InChI=1S/C16H22N2O3/c1-3-7-17-13-10-20-15-9-11(4-5-12(13)15)21-14-6-8-18(2)16(14)19/h4-5,9,13-14,17H,3,6-8,10H2,1-2H3. The number of carbonyl (C=O) groups is 1. The Balaban J connectivity index is 1.68. The third kappa shape index (κ3) is 2.83. The van der Waals surface area contributed by atoms with Gasteiger partial charge < -0.3 is 19.7 Å². The molecule has 0 spiro atoms. The maximum absolute atomic E-state index is 11.9. The van der Waals surface area contributed by atoms with Crippen molar-refractivity contribution in [1.29, 1.82) is 0 Å². The Bertz CT molecular complexity index is 532. The lowest BCUT2D eigenvalue weighted by molar-refractivity contribution is -0.132. The Morgan fingerprint density at radius 3 is 3.05 bits per heavy atom. The highest BCUT2D eigenvalue weighted by Crippen LogP contribution is 2.35. The van der Waals surface area contributed by atoms with Crippen LogP contribution in [0.25, 0.3) is 0 Å². The van der Waals surface area contributed by atoms with E-state index >= 15 is 0 Å². The van der Waals surface area contributed by atoms with Gasteiger partial charge in [-0.25, -0.2) is 0 Å². The van der Waals surface area contributed by atoms with E-state index in [0.29, 0.717) is 12.4 Å². The number of hydrogen-bond donors (Lipinski definition) is 1. The molecule has 0 aromatic heterocycles. The van der Waals surface area contributed by atoms with Crippen LogP contribution in [0.1, 0.15) is 31.4 Å². The minimum Gasteiger partial charge on any atom is -0.491 e. The molecule has 2 aliphatic rings. The average Bonchev–Trinajstić information content (AvgIpc) is 3.03. The molecule has 2 heterocycles. The molecule has 2 aliphatic heterocycles. The van der Waals surface area contributed by atoms with Gasteiger partial charge in [0, 0.05) is 31.6 Å². The highest BCUT2D eigenvalue weighted by atomic mass is 16.5. The van der Waals surface area contributed by atoms with Crippen molar-refractivity contribution in [3.05, 3.63) is 23.8 Å². The van der Waals surface area contributed by atoms with E-state index in [2.05, 4.69) is 12.2 Å². The second-order valence-electron chi connectivity index (χ2n) is 5.67. The highest BCUT2D eigenvalue weighted by Gasteiger charge is 2.31.